The van der Waals surface area contributed by atoms with Gasteiger partial charge >= 0.3 is 0 Å². The fourth-order valence-corrected chi connectivity index (χ4v) is 3.14. The van der Waals surface area contributed by atoms with E-state index in [0.29, 0.717) is 22.4 Å². The molecule has 2 aromatic rings. The van der Waals surface area contributed by atoms with Crippen LogP contribution >= 0.6 is 0 Å². The smallest absolute Gasteiger partial charge is 0.255 e. The minimum atomic E-state index is -3.49. The van der Waals surface area contributed by atoms with Crippen LogP contribution in [0.5, 0.6) is 0 Å². The number of sulfonamides is 1. The van der Waals surface area contributed by atoms with Crippen molar-refractivity contribution >= 4 is 21.6 Å². The Labute approximate surface area is 165 Å². The van der Waals surface area contributed by atoms with Gasteiger partial charge in [0.15, 0.2) is 0 Å². The topological polar surface area (TPSA) is 119 Å². The Morgan fingerprint density at radius 3 is 2.21 bits per heavy atom. The number of carbonyl (C=O) groups is 1. The van der Waals surface area contributed by atoms with E-state index in [0.717, 1.165) is 0 Å². The first-order valence-electron chi connectivity index (χ1n) is 8.68. The van der Waals surface area contributed by atoms with Gasteiger partial charge in [0.05, 0.1) is 16.9 Å². The number of carbonyl (C=O) groups excluding carboxylic acids is 1. The number of hydrogen-bond donors (Lipinski definition) is 3. The zero-order valence-electron chi connectivity index (χ0n) is 15.9. The number of nitrogens with one attached hydrogen (secondary N) is 2. The van der Waals surface area contributed by atoms with Crippen molar-refractivity contribution in [3.63, 3.8) is 0 Å². The summed E-state index contributed by atoms with van der Waals surface area (Å²) in [5, 5.41) is 21.5. The van der Waals surface area contributed by atoms with Gasteiger partial charge in [-0.1, -0.05) is 12.1 Å². The second-order valence-corrected chi connectivity index (χ2v) is 9.23. The van der Waals surface area contributed by atoms with Gasteiger partial charge in [-0.3, -0.25) is 4.79 Å². The van der Waals surface area contributed by atoms with Gasteiger partial charge in [-0.05, 0) is 62.7 Å². The van der Waals surface area contributed by atoms with E-state index in [-0.39, 0.29) is 12.5 Å². The van der Waals surface area contributed by atoms with Crippen LogP contribution in [0.3, 0.4) is 0 Å². The molecule has 2 rings (SSSR count). The summed E-state index contributed by atoms with van der Waals surface area (Å²) in [6.45, 7) is 4.47. The summed E-state index contributed by atoms with van der Waals surface area (Å²) >= 11 is 0. The maximum absolute atomic E-state index is 12.3. The van der Waals surface area contributed by atoms with E-state index in [4.69, 9.17) is 5.26 Å². The predicted octanol–water partition coefficient (Wildman–Crippen LogP) is 2.35. The third-order valence-electron chi connectivity index (χ3n) is 4.28. The molecular weight excluding hydrogens is 378 g/mol. The summed E-state index contributed by atoms with van der Waals surface area (Å²) in [6.07, 6.45) is 0. The van der Waals surface area contributed by atoms with Crippen LogP contribution in [0, 0.1) is 11.3 Å². The Hall–Kier alpha value is -2.73. The van der Waals surface area contributed by atoms with E-state index in [1.165, 1.54) is 6.92 Å². The highest BCUT2D eigenvalue weighted by Gasteiger charge is 2.26. The maximum Gasteiger partial charge on any atom is 0.255 e. The number of nitrogens with zero attached hydrogens (tertiary/aromatic N) is 1. The normalized spacial score (nSPS) is 13.6. The number of amides is 1. The van der Waals surface area contributed by atoms with E-state index in [9.17, 15) is 18.3 Å². The summed E-state index contributed by atoms with van der Waals surface area (Å²) in [4.78, 5) is 12.3. The first kappa shape index (κ1) is 21.6. The summed E-state index contributed by atoms with van der Waals surface area (Å²) in [7, 11) is -3.49. The van der Waals surface area contributed by atoms with Crippen LogP contribution in [-0.2, 0) is 15.6 Å². The van der Waals surface area contributed by atoms with Gasteiger partial charge in [-0.2, -0.15) is 5.26 Å². The molecule has 3 N–H and O–H groups in total. The third-order valence-corrected chi connectivity index (χ3v) is 6.07. The lowest BCUT2D eigenvalue weighted by Crippen LogP contribution is -2.41. The van der Waals surface area contributed by atoms with Gasteiger partial charge in [-0.25, -0.2) is 13.1 Å². The van der Waals surface area contributed by atoms with E-state index in [2.05, 4.69) is 10.0 Å². The average molecular weight is 401 g/mol. The number of nitriles is 1. The monoisotopic (exact) mass is 401 g/mol. The summed E-state index contributed by atoms with van der Waals surface area (Å²) < 4.78 is 26.1. The largest absolute Gasteiger partial charge is 0.384 e. The molecule has 0 heterocycles. The van der Waals surface area contributed by atoms with Gasteiger partial charge in [0.25, 0.3) is 5.91 Å². The Morgan fingerprint density at radius 2 is 1.71 bits per heavy atom. The minimum Gasteiger partial charge on any atom is -0.384 e. The zero-order chi connectivity index (χ0) is 20.9. The molecule has 0 saturated heterocycles. The average Bonchev–Trinajstić information content (AvgIpc) is 2.67. The van der Waals surface area contributed by atoms with E-state index >= 15 is 0 Å². The van der Waals surface area contributed by atoms with Gasteiger partial charge in [0.2, 0.25) is 10.0 Å². The Balaban J connectivity index is 2.05. The molecule has 7 nitrogen and oxygen atoms in total. The number of rotatable bonds is 7. The quantitative estimate of drug-likeness (QED) is 0.658. The first-order chi connectivity index (χ1) is 13.0. The van der Waals surface area contributed by atoms with Crippen molar-refractivity contribution in [2.45, 2.75) is 31.6 Å². The minimum absolute atomic E-state index is 0.162. The molecule has 0 radical (unpaired) electrons. The van der Waals surface area contributed by atoms with Crippen molar-refractivity contribution in [1.82, 2.24) is 4.72 Å². The molecular formula is C20H23N3O4S. The number of benzene rings is 2. The molecule has 0 aromatic heterocycles. The van der Waals surface area contributed by atoms with Crippen molar-refractivity contribution in [2.75, 3.05) is 11.9 Å². The highest BCUT2D eigenvalue weighted by molar-refractivity contribution is 7.90. The lowest BCUT2D eigenvalue weighted by Gasteiger charge is -2.25. The SMILES string of the molecule is CC(C)S(=O)(=O)NCC(C)(O)c1ccc(NC(=O)c2ccc(C#N)cc2)cc1. The summed E-state index contributed by atoms with van der Waals surface area (Å²) in [5.41, 5.74) is 0.513. The second-order valence-electron chi connectivity index (χ2n) is 6.91. The molecule has 0 fully saturated rings. The van der Waals surface area contributed by atoms with E-state index < -0.39 is 20.9 Å². The lowest BCUT2D eigenvalue weighted by molar-refractivity contribution is 0.0627. The molecule has 0 aliphatic heterocycles. The van der Waals surface area contributed by atoms with Gasteiger partial charge in [0.1, 0.15) is 5.60 Å². The zero-order valence-corrected chi connectivity index (χ0v) is 16.7. The van der Waals surface area contributed by atoms with Gasteiger partial charge in [-0.15, -0.1) is 0 Å². The molecule has 0 saturated carbocycles. The molecule has 1 amide bonds. The highest BCUT2D eigenvalue weighted by atomic mass is 32.2. The van der Waals surface area contributed by atoms with Crippen LogP contribution in [0.25, 0.3) is 0 Å². The third kappa shape index (κ3) is 5.39. The maximum atomic E-state index is 12.3. The molecule has 8 heteroatoms. The molecule has 2 aromatic carbocycles. The molecule has 148 valence electrons. The number of aliphatic hydroxyl groups is 1. The van der Waals surface area contributed by atoms with E-state index in [1.54, 1.807) is 62.4 Å². The van der Waals surface area contributed by atoms with Crippen LogP contribution in [0.4, 0.5) is 5.69 Å². The van der Waals surface area contributed by atoms with E-state index in [1.807, 2.05) is 6.07 Å². The summed E-state index contributed by atoms with van der Waals surface area (Å²) in [6, 6.07) is 14.7. The molecule has 1 atom stereocenters. The second kappa shape index (κ2) is 8.52. The van der Waals surface area contributed by atoms with Crippen molar-refractivity contribution in [3.8, 4) is 6.07 Å². The fraction of sp³-hybridized carbons (Fsp3) is 0.300. The Bertz CT molecular complexity index is 974. The fourth-order valence-electron chi connectivity index (χ4n) is 2.32. The predicted molar refractivity (Wildman–Crippen MR) is 107 cm³/mol. The van der Waals surface area contributed by atoms with Crippen molar-refractivity contribution in [1.29, 1.82) is 5.26 Å². The van der Waals surface area contributed by atoms with Crippen LogP contribution in [0.1, 0.15) is 42.3 Å². The molecule has 1 unspecified atom stereocenters. The first-order valence-corrected chi connectivity index (χ1v) is 10.2. The Morgan fingerprint density at radius 1 is 1.14 bits per heavy atom. The van der Waals surface area contributed by atoms with Gasteiger partial charge in [0, 0.05) is 17.8 Å². The van der Waals surface area contributed by atoms with Gasteiger partial charge < -0.3 is 10.4 Å². The molecule has 0 aliphatic rings. The van der Waals surface area contributed by atoms with Crippen LogP contribution in [0.2, 0.25) is 0 Å². The van der Waals surface area contributed by atoms with Crippen molar-refractivity contribution < 1.29 is 18.3 Å². The van der Waals surface area contributed by atoms with Crippen LogP contribution in [0.15, 0.2) is 48.5 Å². The number of anilines is 1. The number of hydrogen-bond acceptors (Lipinski definition) is 5. The van der Waals surface area contributed by atoms with Crippen molar-refractivity contribution in [3.05, 3.63) is 65.2 Å². The summed E-state index contributed by atoms with van der Waals surface area (Å²) in [5.74, 6) is -0.325. The molecule has 0 bridgehead atoms. The standard InChI is InChI=1S/C20H23N3O4S/c1-14(2)28(26,27)22-13-20(3,25)17-8-10-18(11-9-17)23-19(24)16-6-4-15(12-21)5-7-16/h4-11,14,22,25H,13H2,1-3H3,(H,23,24). The lowest BCUT2D eigenvalue weighted by atomic mass is 9.96. The molecule has 0 spiro atoms. The highest BCUT2D eigenvalue weighted by Crippen LogP contribution is 2.22. The Kier molecular flexibility index (Phi) is 6.56. The van der Waals surface area contributed by atoms with Crippen LogP contribution in [-0.4, -0.2) is 31.2 Å². The van der Waals surface area contributed by atoms with Crippen LogP contribution < -0.4 is 10.0 Å². The molecule has 28 heavy (non-hydrogen) atoms. The molecule has 0 aliphatic carbocycles. The van der Waals surface area contributed by atoms with Crippen molar-refractivity contribution in [2.24, 2.45) is 0 Å².